The molecule has 1 aliphatic rings. The number of phenolic OH excluding ortho intramolecular Hbond substituents is 1. The second kappa shape index (κ2) is 2.71. The average Bonchev–Trinajstić information content (AvgIpc) is 3.00. The van der Waals surface area contributed by atoms with E-state index in [-0.39, 0.29) is 0 Å². The number of nitrogens with zero attached hydrogens (tertiary/aromatic N) is 1. The number of benzene rings is 1. The van der Waals surface area contributed by atoms with Gasteiger partial charge in [-0.2, -0.15) is 0 Å². The smallest absolute Gasteiger partial charge is 0.116 e. The summed E-state index contributed by atoms with van der Waals surface area (Å²) < 4.78 is 0. The van der Waals surface area contributed by atoms with Crippen LogP contribution in [0.3, 0.4) is 0 Å². The monoisotopic (exact) mass is 185 g/mol. The van der Waals surface area contributed by atoms with Gasteiger partial charge in [0.25, 0.3) is 0 Å². The highest BCUT2D eigenvalue weighted by atomic mass is 16.3. The zero-order chi connectivity index (χ0) is 9.54. The first kappa shape index (κ1) is 7.80. The second-order valence-electron chi connectivity index (χ2n) is 3.89. The Morgan fingerprint density at radius 1 is 1.14 bits per heavy atom. The van der Waals surface area contributed by atoms with Crippen molar-refractivity contribution in [3.05, 3.63) is 36.0 Å². The van der Waals surface area contributed by atoms with E-state index in [1.54, 1.807) is 12.1 Å². The molecule has 1 aliphatic carbocycles. The number of hydrogen-bond acceptors (Lipinski definition) is 2. The Balaban J connectivity index is 2.18. The molecule has 0 saturated heterocycles. The zero-order valence-corrected chi connectivity index (χ0v) is 7.77. The van der Waals surface area contributed by atoms with Crippen LogP contribution in [0.2, 0.25) is 0 Å². The third-order valence-electron chi connectivity index (χ3n) is 2.69. The fraction of sp³-hybridized carbons (Fsp3) is 0.250. The molecule has 0 spiro atoms. The first-order valence-electron chi connectivity index (χ1n) is 4.92. The van der Waals surface area contributed by atoms with E-state index in [0.29, 0.717) is 11.7 Å². The molecule has 1 N–H and O–H groups in total. The van der Waals surface area contributed by atoms with Crippen molar-refractivity contribution in [2.24, 2.45) is 0 Å². The summed E-state index contributed by atoms with van der Waals surface area (Å²) in [5, 5.41) is 10.3. The normalized spacial score (nSPS) is 16.0. The van der Waals surface area contributed by atoms with Crippen molar-refractivity contribution in [3.63, 3.8) is 0 Å². The molecule has 1 fully saturated rings. The maximum atomic E-state index is 9.29. The molecule has 2 nitrogen and oxygen atoms in total. The molecular formula is C12H11NO. The molecule has 0 unspecified atom stereocenters. The van der Waals surface area contributed by atoms with Crippen LogP contribution in [0, 0.1) is 0 Å². The lowest BCUT2D eigenvalue weighted by Crippen LogP contribution is -1.86. The summed E-state index contributed by atoms with van der Waals surface area (Å²) in [5.41, 5.74) is 2.18. The Labute approximate surface area is 82.2 Å². The Kier molecular flexibility index (Phi) is 1.51. The lowest BCUT2D eigenvalue weighted by molar-refractivity contribution is 0.476. The maximum absolute atomic E-state index is 9.29. The number of aromatic hydroxyl groups is 1. The van der Waals surface area contributed by atoms with Crippen molar-refractivity contribution in [1.29, 1.82) is 0 Å². The number of aromatic nitrogens is 1. The SMILES string of the molecule is Oc1ccc2nc(C3CC3)ccc2c1. The van der Waals surface area contributed by atoms with Gasteiger partial charge >= 0.3 is 0 Å². The van der Waals surface area contributed by atoms with Gasteiger partial charge in [0.05, 0.1) is 5.52 Å². The van der Waals surface area contributed by atoms with Crippen LogP contribution in [0.15, 0.2) is 30.3 Å². The quantitative estimate of drug-likeness (QED) is 0.741. The lowest BCUT2D eigenvalue weighted by Gasteiger charge is -2.01. The van der Waals surface area contributed by atoms with Crippen molar-refractivity contribution in [3.8, 4) is 5.75 Å². The van der Waals surface area contributed by atoms with Crippen LogP contribution in [0.5, 0.6) is 5.75 Å². The Morgan fingerprint density at radius 2 is 2.00 bits per heavy atom. The summed E-state index contributed by atoms with van der Waals surface area (Å²) in [6.07, 6.45) is 2.55. The van der Waals surface area contributed by atoms with Gasteiger partial charge < -0.3 is 5.11 Å². The largest absolute Gasteiger partial charge is 0.508 e. The number of fused-ring (bicyclic) bond motifs is 1. The van der Waals surface area contributed by atoms with E-state index in [9.17, 15) is 5.11 Å². The van der Waals surface area contributed by atoms with Crippen LogP contribution in [0.25, 0.3) is 10.9 Å². The highest BCUT2D eigenvalue weighted by molar-refractivity contribution is 5.80. The lowest BCUT2D eigenvalue weighted by atomic mass is 10.1. The van der Waals surface area contributed by atoms with Gasteiger partial charge in [0.2, 0.25) is 0 Å². The van der Waals surface area contributed by atoms with Crippen LogP contribution < -0.4 is 0 Å². The van der Waals surface area contributed by atoms with Crippen molar-refractivity contribution in [2.75, 3.05) is 0 Å². The summed E-state index contributed by atoms with van der Waals surface area (Å²) >= 11 is 0. The van der Waals surface area contributed by atoms with Gasteiger partial charge in [-0.15, -0.1) is 0 Å². The van der Waals surface area contributed by atoms with Gasteiger partial charge in [0.15, 0.2) is 0 Å². The van der Waals surface area contributed by atoms with Crippen molar-refractivity contribution >= 4 is 10.9 Å². The molecule has 0 radical (unpaired) electrons. The van der Waals surface area contributed by atoms with Gasteiger partial charge in [0.1, 0.15) is 5.75 Å². The van der Waals surface area contributed by atoms with Crippen LogP contribution in [-0.2, 0) is 0 Å². The van der Waals surface area contributed by atoms with E-state index >= 15 is 0 Å². The summed E-state index contributed by atoms with van der Waals surface area (Å²) in [7, 11) is 0. The molecule has 1 heterocycles. The molecule has 0 amide bonds. The first-order valence-corrected chi connectivity index (χ1v) is 4.92. The van der Waals surface area contributed by atoms with Crippen LogP contribution in [-0.4, -0.2) is 10.1 Å². The summed E-state index contributed by atoms with van der Waals surface area (Å²) in [4.78, 5) is 4.57. The Bertz CT molecular complexity index is 489. The molecule has 0 aliphatic heterocycles. The first-order chi connectivity index (χ1) is 6.83. The van der Waals surface area contributed by atoms with Crippen molar-refractivity contribution < 1.29 is 5.11 Å². The van der Waals surface area contributed by atoms with E-state index in [4.69, 9.17) is 0 Å². The number of hydrogen-bond donors (Lipinski definition) is 1. The molecule has 3 rings (SSSR count). The van der Waals surface area contributed by atoms with E-state index in [0.717, 1.165) is 10.9 Å². The van der Waals surface area contributed by atoms with Gasteiger partial charge in [-0.25, -0.2) is 0 Å². The van der Waals surface area contributed by atoms with Crippen LogP contribution in [0.4, 0.5) is 0 Å². The third kappa shape index (κ3) is 1.23. The minimum atomic E-state index is 0.304. The Morgan fingerprint density at radius 3 is 2.79 bits per heavy atom. The maximum Gasteiger partial charge on any atom is 0.116 e. The van der Waals surface area contributed by atoms with Gasteiger partial charge in [0, 0.05) is 17.0 Å². The third-order valence-corrected chi connectivity index (χ3v) is 2.69. The molecule has 2 aromatic rings. The standard InChI is InChI=1S/C12H11NO/c14-10-4-6-12-9(7-10)3-5-11(13-12)8-1-2-8/h3-8,14H,1-2H2. The summed E-state index contributed by atoms with van der Waals surface area (Å²) in [6, 6.07) is 9.41. The molecule has 2 heteroatoms. The van der Waals surface area contributed by atoms with E-state index in [2.05, 4.69) is 11.1 Å². The predicted octanol–water partition coefficient (Wildman–Crippen LogP) is 2.82. The van der Waals surface area contributed by atoms with Gasteiger partial charge in [-0.1, -0.05) is 6.07 Å². The predicted molar refractivity (Wildman–Crippen MR) is 55.4 cm³/mol. The molecule has 0 atom stereocenters. The fourth-order valence-corrected chi connectivity index (χ4v) is 1.74. The molecular weight excluding hydrogens is 174 g/mol. The molecule has 0 bridgehead atoms. The number of rotatable bonds is 1. The zero-order valence-electron chi connectivity index (χ0n) is 7.77. The highest BCUT2D eigenvalue weighted by Crippen LogP contribution is 2.39. The summed E-state index contributed by atoms with van der Waals surface area (Å²) in [6.45, 7) is 0. The van der Waals surface area contributed by atoms with Crippen molar-refractivity contribution in [1.82, 2.24) is 4.98 Å². The molecule has 1 aromatic heterocycles. The average molecular weight is 185 g/mol. The van der Waals surface area contributed by atoms with Gasteiger partial charge in [-0.3, -0.25) is 4.98 Å². The highest BCUT2D eigenvalue weighted by Gasteiger charge is 2.24. The van der Waals surface area contributed by atoms with Crippen LogP contribution >= 0.6 is 0 Å². The van der Waals surface area contributed by atoms with Gasteiger partial charge in [-0.05, 0) is 37.1 Å². The molecule has 1 saturated carbocycles. The van der Waals surface area contributed by atoms with E-state index < -0.39 is 0 Å². The van der Waals surface area contributed by atoms with Crippen LogP contribution in [0.1, 0.15) is 24.5 Å². The molecule has 70 valence electrons. The minimum Gasteiger partial charge on any atom is -0.508 e. The topological polar surface area (TPSA) is 33.1 Å². The summed E-state index contributed by atoms with van der Waals surface area (Å²) in [5.74, 6) is 0.992. The molecule has 1 aromatic carbocycles. The van der Waals surface area contributed by atoms with E-state index in [1.165, 1.54) is 18.5 Å². The number of phenols is 1. The van der Waals surface area contributed by atoms with Crippen molar-refractivity contribution in [2.45, 2.75) is 18.8 Å². The second-order valence-corrected chi connectivity index (χ2v) is 3.89. The fourth-order valence-electron chi connectivity index (χ4n) is 1.74. The Hall–Kier alpha value is -1.57. The molecule has 14 heavy (non-hydrogen) atoms. The minimum absolute atomic E-state index is 0.304. The van der Waals surface area contributed by atoms with E-state index in [1.807, 2.05) is 12.1 Å². The number of pyridine rings is 1.